The van der Waals surface area contributed by atoms with Gasteiger partial charge in [-0.15, -0.1) is 0 Å². The molecule has 2 aliphatic rings. The largest absolute Gasteiger partial charge is 0.349 e. The summed E-state index contributed by atoms with van der Waals surface area (Å²) in [6.07, 6.45) is 8.58. The van der Waals surface area contributed by atoms with Crippen molar-refractivity contribution < 1.29 is 4.79 Å². The molecule has 0 bridgehead atoms. The first-order valence-electron chi connectivity index (χ1n) is 8.87. The molecule has 2 heterocycles. The Kier molecular flexibility index (Phi) is 4.87. The highest BCUT2D eigenvalue weighted by Gasteiger charge is 2.24. The zero-order valence-electron chi connectivity index (χ0n) is 14.0. The van der Waals surface area contributed by atoms with Crippen molar-refractivity contribution in [3.63, 3.8) is 0 Å². The highest BCUT2D eigenvalue weighted by molar-refractivity contribution is 5.95. The van der Waals surface area contributed by atoms with Gasteiger partial charge >= 0.3 is 0 Å². The van der Waals surface area contributed by atoms with Crippen molar-refractivity contribution in [3.8, 4) is 0 Å². The van der Waals surface area contributed by atoms with E-state index in [0.29, 0.717) is 12.1 Å². The van der Waals surface area contributed by atoms with Gasteiger partial charge in [-0.2, -0.15) is 0 Å². The SMILES string of the molecule is Cc1cc(C(=O)NC2CCNCC2)c(C)n1C1CCCCC1. The molecule has 22 heavy (non-hydrogen) atoms. The summed E-state index contributed by atoms with van der Waals surface area (Å²) in [5.41, 5.74) is 3.26. The monoisotopic (exact) mass is 303 g/mol. The van der Waals surface area contributed by atoms with Crippen molar-refractivity contribution in [1.29, 1.82) is 0 Å². The van der Waals surface area contributed by atoms with Crippen LogP contribution in [0.1, 0.15) is 72.7 Å². The smallest absolute Gasteiger partial charge is 0.253 e. The Labute approximate surface area is 133 Å². The van der Waals surface area contributed by atoms with Gasteiger partial charge in [0.2, 0.25) is 0 Å². The standard InChI is InChI=1S/C18H29N3O/c1-13-12-17(18(22)20-15-8-10-19-11-9-15)14(2)21(13)16-6-4-3-5-7-16/h12,15-16,19H,3-11H2,1-2H3,(H,20,22). The highest BCUT2D eigenvalue weighted by atomic mass is 16.1. The van der Waals surface area contributed by atoms with Crippen LogP contribution in [0.4, 0.5) is 0 Å². The molecule has 0 unspecified atom stereocenters. The molecule has 4 nitrogen and oxygen atoms in total. The van der Waals surface area contributed by atoms with Crippen molar-refractivity contribution in [1.82, 2.24) is 15.2 Å². The minimum Gasteiger partial charge on any atom is -0.349 e. The van der Waals surface area contributed by atoms with E-state index in [1.165, 1.54) is 37.8 Å². The number of carbonyl (C=O) groups excluding carboxylic acids is 1. The van der Waals surface area contributed by atoms with Crippen LogP contribution in [0.3, 0.4) is 0 Å². The van der Waals surface area contributed by atoms with E-state index in [1.807, 2.05) is 0 Å². The zero-order valence-corrected chi connectivity index (χ0v) is 14.0. The lowest BCUT2D eigenvalue weighted by Crippen LogP contribution is -2.42. The van der Waals surface area contributed by atoms with E-state index in [4.69, 9.17) is 0 Å². The molecule has 1 saturated heterocycles. The van der Waals surface area contributed by atoms with Crippen molar-refractivity contribution in [2.75, 3.05) is 13.1 Å². The number of amides is 1. The van der Waals surface area contributed by atoms with Gasteiger partial charge < -0.3 is 15.2 Å². The fraction of sp³-hybridized carbons (Fsp3) is 0.722. The van der Waals surface area contributed by atoms with Gasteiger partial charge in [-0.05, 0) is 58.7 Å². The van der Waals surface area contributed by atoms with Crippen LogP contribution in [0.5, 0.6) is 0 Å². The first kappa shape index (κ1) is 15.6. The molecule has 122 valence electrons. The molecule has 1 aromatic rings. The lowest BCUT2D eigenvalue weighted by atomic mass is 9.95. The van der Waals surface area contributed by atoms with Crippen molar-refractivity contribution >= 4 is 5.91 Å². The third-order valence-electron chi connectivity index (χ3n) is 5.34. The van der Waals surface area contributed by atoms with E-state index in [1.54, 1.807) is 0 Å². The average molecular weight is 303 g/mol. The highest BCUT2D eigenvalue weighted by Crippen LogP contribution is 2.32. The predicted molar refractivity (Wildman–Crippen MR) is 89.4 cm³/mol. The second-order valence-corrected chi connectivity index (χ2v) is 6.94. The maximum absolute atomic E-state index is 12.6. The Hall–Kier alpha value is -1.29. The molecular formula is C18H29N3O. The number of rotatable bonds is 3. The summed E-state index contributed by atoms with van der Waals surface area (Å²) in [5.74, 6) is 0.113. The molecule has 1 aliphatic heterocycles. The van der Waals surface area contributed by atoms with Gasteiger partial charge in [-0.3, -0.25) is 4.79 Å². The van der Waals surface area contributed by atoms with Gasteiger partial charge in [0.25, 0.3) is 5.91 Å². The maximum Gasteiger partial charge on any atom is 0.253 e. The second kappa shape index (κ2) is 6.86. The predicted octanol–water partition coefficient (Wildman–Crippen LogP) is 3.09. The molecule has 1 aromatic heterocycles. The molecular weight excluding hydrogens is 274 g/mol. The van der Waals surface area contributed by atoms with E-state index in [2.05, 4.69) is 35.1 Å². The zero-order chi connectivity index (χ0) is 15.5. The Bertz CT molecular complexity index is 523. The average Bonchev–Trinajstić information content (AvgIpc) is 2.84. The summed E-state index contributed by atoms with van der Waals surface area (Å²) in [5, 5.41) is 6.57. The Morgan fingerprint density at radius 1 is 1.14 bits per heavy atom. The number of nitrogens with one attached hydrogen (secondary N) is 2. The minimum absolute atomic E-state index is 0.113. The molecule has 0 aromatic carbocycles. The molecule has 4 heteroatoms. The minimum atomic E-state index is 0.113. The van der Waals surface area contributed by atoms with Crippen LogP contribution >= 0.6 is 0 Å². The third kappa shape index (κ3) is 3.22. The molecule has 3 rings (SSSR count). The molecule has 0 atom stereocenters. The normalized spacial score (nSPS) is 21.0. The van der Waals surface area contributed by atoms with Gasteiger partial charge in [0.1, 0.15) is 0 Å². The molecule has 1 saturated carbocycles. The van der Waals surface area contributed by atoms with Gasteiger partial charge in [0.15, 0.2) is 0 Å². The summed E-state index contributed by atoms with van der Waals surface area (Å²) < 4.78 is 2.41. The Balaban J connectivity index is 1.74. The van der Waals surface area contributed by atoms with E-state index in [-0.39, 0.29) is 5.91 Å². The molecule has 1 amide bonds. The van der Waals surface area contributed by atoms with Gasteiger partial charge in [0, 0.05) is 23.5 Å². The van der Waals surface area contributed by atoms with Crippen molar-refractivity contribution in [3.05, 3.63) is 23.0 Å². The number of hydrogen-bond acceptors (Lipinski definition) is 2. The Morgan fingerprint density at radius 2 is 1.82 bits per heavy atom. The summed E-state index contributed by atoms with van der Waals surface area (Å²) in [7, 11) is 0. The first-order chi connectivity index (χ1) is 10.7. The molecule has 0 radical (unpaired) electrons. The van der Waals surface area contributed by atoms with Crippen molar-refractivity contribution in [2.45, 2.75) is 70.9 Å². The van der Waals surface area contributed by atoms with E-state index in [9.17, 15) is 4.79 Å². The van der Waals surface area contributed by atoms with Crippen LogP contribution in [0.25, 0.3) is 0 Å². The second-order valence-electron chi connectivity index (χ2n) is 6.94. The number of aromatic nitrogens is 1. The Morgan fingerprint density at radius 3 is 2.50 bits per heavy atom. The topological polar surface area (TPSA) is 46.1 Å². The number of nitrogens with zero attached hydrogens (tertiary/aromatic N) is 1. The molecule has 2 N–H and O–H groups in total. The van der Waals surface area contributed by atoms with Crippen LogP contribution in [0.2, 0.25) is 0 Å². The van der Waals surface area contributed by atoms with Crippen molar-refractivity contribution in [2.24, 2.45) is 0 Å². The molecule has 0 spiro atoms. The fourth-order valence-electron chi connectivity index (χ4n) is 4.14. The van der Waals surface area contributed by atoms with Crippen LogP contribution in [-0.4, -0.2) is 29.6 Å². The van der Waals surface area contributed by atoms with Crippen LogP contribution in [0.15, 0.2) is 6.07 Å². The van der Waals surface area contributed by atoms with Crippen LogP contribution < -0.4 is 10.6 Å². The summed E-state index contributed by atoms with van der Waals surface area (Å²) >= 11 is 0. The summed E-state index contributed by atoms with van der Waals surface area (Å²) in [6.45, 7) is 6.26. The van der Waals surface area contributed by atoms with Gasteiger partial charge in [-0.25, -0.2) is 0 Å². The van der Waals surface area contributed by atoms with E-state index in [0.717, 1.165) is 37.2 Å². The third-order valence-corrected chi connectivity index (χ3v) is 5.34. The fourth-order valence-corrected chi connectivity index (χ4v) is 4.14. The first-order valence-corrected chi connectivity index (χ1v) is 8.87. The van der Waals surface area contributed by atoms with Gasteiger partial charge in [-0.1, -0.05) is 19.3 Å². The summed E-state index contributed by atoms with van der Waals surface area (Å²) in [4.78, 5) is 12.6. The molecule has 2 fully saturated rings. The lowest BCUT2D eigenvalue weighted by Gasteiger charge is -2.26. The number of carbonyl (C=O) groups is 1. The molecule has 1 aliphatic carbocycles. The van der Waals surface area contributed by atoms with E-state index < -0.39 is 0 Å². The van der Waals surface area contributed by atoms with Crippen LogP contribution in [0, 0.1) is 13.8 Å². The van der Waals surface area contributed by atoms with Gasteiger partial charge in [0.05, 0.1) is 5.56 Å². The summed E-state index contributed by atoms with van der Waals surface area (Å²) in [6, 6.07) is 3.00. The maximum atomic E-state index is 12.6. The van der Waals surface area contributed by atoms with Crippen LogP contribution in [-0.2, 0) is 0 Å². The number of hydrogen-bond donors (Lipinski definition) is 2. The lowest BCUT2D eigenvalue weighted by molar-refractivity contribution is 0.0928. The number of piperidine rings is 1. The quantitative estimate of drug-likeness (QED) is 0.901. The van der Waals surface area contributed by atoms with E-state index >= 15 is 0 Å². The number of aryl methyl sites for hydroxylation is 1.